The molecule has 2 aliphatic heterocycles. The van der Waals surface area contributed by atoms with Crippen LogP contribution in [0.1, 0.15) is 12.8 Å². The van der Waals surface area contributed by atoms with Gasteiger partial charge in [0.1, 0.15) is 0 Å². The Bertz CT molecular complexity index is 267. The molecule has 0 radical (unpaired) electrons. The van der Waals surface area contributed by atoms with Crippen LogP contribution < -0.4 is 5.32 Å². The lowest BCUT2D eigenvalue weighted by Gasteiger charge is -2.40. The maximum absolute atomic E-state index is 11.4. The van der Waals surface area contributed by atoms with Gasteiger partial charge in [0, 0.05) is 19.6 Å². The van der Waals surface area contributed by atoms with Crippen molar-refractivity contribution in [3.05, 3.63) is 0 Å². The van der Waals surface area contributed by atoms with Crippen molar-refractivity contribution in [2.75, 3.05) is 19.6 Å². The van der Waals surface area contributed by atoms with Crippen molar-refractivity contribution in [1.29, 1.82) is 0 Å². The van der Waals surface area contributed by atoms with Gasteiger partial charge < -0.3 is 10.4 Å². The summed E-state index contributed by atoms with van der Waals surface area (Å²) in [5.74, 6) is -0.980. The van der Waals surface area contributed by atoms with Crippen molar-refractivity contribution in [3.63, 3.8) is 0 Å². The Morgan fingerprint density at radius 2 is 2.29 bits per heavy atom. The molecular formula is C9H14N2O3. The summed E-state index contributed by atoms with van der Waals surface area (Å²) >= 11 is 0. The summed E-state index contributed by atoms with van der Waals surface area (Å²) in [6.45, 7) is 1.94. The van der Waals surface area contributed by atoms with Crippen molar-refractivity contribution in [1.82, 2.24) is 10.2 Å². The van der Waals surface area contributed by atoms with Gasteiger partial charge >= 0.3 is 5.97 Å². The molecule has 2 rings (SSSR count). The Morgan fingerprint density at radius 3 is 3.00 bits per heavy atom. The molecule has 1 amide bonds. The Labute approximate surface area is 82.1 Å². The number of hydrogen-bond acceptors (Lipinski definition) is 3. The highest BCUT2D eigenvalue weighted by Crippen LogP contribution is 2.23. The van der Waals surface area contributed by atoms with Crippen molar-refractivity contribution < 1.29 is 14.7 Å². The van der Waals surface area contributed by atoms with Gasteiger partial charge in [0.25, 0.3) is 0 Å². The molecule has 2 saturated heterocycles. The number of carbonyl (C=O) groups is 2. The molecule has 14 heavy (non-hydrogen) atoms. The number of carboxylic acid groups (broad SMARTS) is 1. The van der Waals surface area contributed by atoms with Crippen LogP contribution in [0.5, 0.6) is 0 Å². The molecule has 2 aliphatic rings. The highest BCUT2D eigenvalue weighted by Gasteiger charge is 2.37. The third-order valence-electron chi connectivity index (χ3n) is 3.03. The number of nitrogens with one attached hydrogen (secondary N) is 1. The van der Waals surface area contributed by atoms with Gasteiger partial charge in [-0.2, -0.15) is 0 Å². The number of rotatable bonds is 1. The molecule has 78 valence electrons. The largest absolute Gasteiger partial charge is 0.481 e. The number of aliphatic carboxylic acids is 1. The second-order valence-corrected chi connectivity index (χ2v) is 3.91. The molecule has 0 bridgehead atoms. The lowest BCUT2D eigenvalue weighted by molar-refractivity contribution is -0.147. The Morgan fingerprint density at radius 1 is 1.50 bits per heavy atom. The topological polar surface area (TPSA) is 69.6 Å². The van der Waals surface area contributed by atoms with Crippen LogP contribution in [-0.2, 0) is 9.59 Å². The summed E-state index contributed by atoms with van der Waals surface area (Å²) in [5.41, 5.74) is 0. The third kappa shape index (κ3) is 1.59. The highest BCUT2D eigenvalue weighted by atomic mass is 16.4. The molecule has 2 atom stereocenters. The van der Waals surface area contributed by atoms with Crippen molar-refractivity contribution in [3.8, 4) is 0 Å². The minimum absolute atomic E-state index is 0.0556. The van der Waals surface area contributed by atoms with Crippen molar-refractivity contribution in [2.45, 2.75) is 18.9 Å². The van der Waals surface area contributed by atoms with Crippen LogP contribution in [0.15, 0.2) is 0 Å². The molecule has 2 heterocycles. The SMILES string of the molecule is O=C(O)[C@H]1CC[C@H]2C(=O)NCCN2C1. The number of piperidine rings is 1. The molecule has 0 aromatic heterocycles. The molecule has 0 unspecified atom stereocenters. The molecule has 0 aliphatic carbocycles. The van der Waals surface area contributed by atoms with E-state index in [0.717, 1.165) is 6.54 Å². The second-order valence-electron chi connectivity index (χ2n) is 3.91. The zero-order valence-electron chi connectivity index (χ0n) is 7.90. The van der Waals surface area contributed by atoms with E-state index in [1.165, 1.54) is 0 Å². The number of carbonyl (C=O) groups excluding carboxylic acids is 1. The molecule has 0 saturated carbocycles. The van der Waals surface area contributed by atoms with E-state index in [0.29, 0.717) is 25.9 Å². The van der Waals surface area contributed by atoms with E-state index in [4.69, 9.17) is 5.11 Å². The van der Waals surface area contributed by atoms with Gasteiger partial charge in [-0.05, 0) is 12.8 Å². The predicted molar refractivity (Wildman–Crippen MR) is 48.7 cm³/mol. The fourth-order valence-electron chi connectivity index (χ4n) is 2.23. The Balaban J connectivity index is 2.03. The number of hydrogen-bond donors (Lipinski definition) is 2. The molecule has 2 fully saturated rings. The standard InChI is InChI=1S/C9H14N2O3/c12-8-7-2-1-6(9(13)14)5-11(7)4-3-10-8/h6-7H,1-5H2,(H,10,12)(H,13,14)/t6-,7-/m0/s1. The van der Waals surface area contributed by atoms with E-state index in [1.54, 1.807) is 0 Å². The van der Waals surface area contributed by atoms with Gasteiger partial charge in [-0.1, -0.05) is 0 Å². The van der Waals surface area contributed by atoms with E-state index in [1.807, 2.05) is 4.90 Å². The quantitative estimate of drug-likeness (QED) is 0.583. The molecular weight excluding hydrogens is 184 g/mol. The number of fused-ring (bicyclic) bond motifs is 1. The summed E-state index contributed by atoms with van der Waals surface area (Å²) in [7, 11) is 0. The van der Waals surface area contributed by atoms with E-state index < -0.39 is 5.97 Å². The van der Waals surface area contributed by atoms with Crippen LogP contribution in [-0.4, -0.2) is 47.6 Å². The molecule has 5 nitrogen and oxygen atoms in total. The first-order chi connectivity index (χ1) is 6.68. The van der Waals surface area contributed by atoms with Gasteiger partial charge in [0.05, 0.1) is 12.0 Å². The van der Waals surface area contributed by atoms with Crippen LogP contribution in [0.3, 0.4) is 0 Å². The minimum atomic E-state index is -0.741. The predicted octanol–water partition coefficient (Wildman–Crippen LogP) is -0.719. The first-order valence-corrected chi connectivity index (χ1v) is 4.93. The lowest BCUT2D eigenvalue weighted by atomic mass is 9.91. The average molecular weight is 198 g/mol. The zero-order valence-corrected chi connectivity index (χ0v) is 7.90. The van der Waals surface area contributed by atoms with Crippen LogP contribution >= 0.6 is 0 Å². The van der Waals surface area contributed by atoms with E-state index in [9.17, 15) is 9.59 Å². The van der Waals surface area contributed by atoms with Gasteiger partial charge in [-0.3, -0.25) is 14.5 Å². The van der Waals surface area contributed by atoms with Gasteiger partial charge in [0.15, 0.2) is 0 Å². The first kappa shape index (κ1) is 9.45. The number of nitrogens with zero attached hydrogens (tertiary/aromatic N) is 1. The number of piperazine rings is 1. The zero-order chi connectivity index (χ0) is 10.1. The smallest absolute Gasteiger partial charge is 0.307 e. The monoisotopic (exact) mass is 198 g/mol. The number of carboxylic acids is 1. The molecule has 0 aromatic carbocycles. The second kappa shape index (κ2) is 3.57. The Hall–Kier alpha value is -1.10. The highest BCUT2D eigenvalue weighted by molar-refractivity contribution is 5.83. The van der Waals surface area contributed by atoms with Crippen LogP contribution in [0, 0.1) is 5.92 Å². The van der Waals surface area contributed by atoms with Gasteiger partial charge in [0.2, 0.25) is 5.91 Å². The summed E-state index contributed by atoms with van der Waals surface area (Å²) in [6, 6.07) is -0.0839. The first-order valence-electron chi connectivity index (χ1n) is 4.93. The van der Waals surface area contributed by atoms with E-state index in [2.05, 4.69) is 5.32 Å². The fourth-order valence-corrected chi connectivity index (χ4v) is 2.23. The molecule has 0 aromatic rings. The van der Waals surface area contributed by atoms with Crippen molar-refractivity contribution >= 4 is 11.9 Å². The van der Waals surface area contributed by atoms with Gasteiger partial charge in [-0.15, -0.1) is 0 Å². The molecule has 2 N–H and O–H groups in total. The average Bonchev–Trinajstić information content (AvgIpc) is 2.17. The normalized spacial score (nSPS) is 33.3. The molecule has 0 spiro atoms. The van der Waals surface area contributed by atoms with Crippen molar-refractivity contribution in [2.24, 2.45) is 5.92 Å². The maximum Gasteiger partial charge on any atom is 0.307 e. The van der Waals surface area contributed by atoms with E-state index >= 15 is 0 Å². The van der Waals surface area contributed by atoms with Gasteiger partial charge in [-0.25, -0.2) is 0 Å². The molecule has 5 heteroatoms. The number of amides is 1. The van der Waals surface area contributed by atoms with E-state index in [-0.39, 0.29) is 17.9 Å². The maximum atomic E-state index is 11.4. The summed E-state index contributed by atoms with van der Waals surface area (Å²) in [5, 5.41) is 11.7. The van der Waals surface area contributed by atoms with Crippen LogP contribution in [0.4, 0.5) is 0 Å². The summed E-state index contributed by atoms with van der Waals surface area (Å²) in [4.78, 5) is 24.2. The summed E-state index contributed by atoms with van der Waals surface area (Å²) in [6.07, 6.45) is 1.28. The lowest BCUT2D eigenvalue weighted by Crippen LogP contribution is -2.59. The third-order valence-corrected chi connectivity index (χ3v) is 3.03. The van der Waals surface area contributed by atoms with Crippen LogP contribution in [0.25, 0.3) is 0 Å². The summed E-state index contributed by atoms with van der Waals surface area (Å²) < 4.78 is 0. The minimum Gasteiger partial charge on any atom is -0.481 e. The van der Waals surface area contributed by atoms with Crippen LogP contribution in [0.2, 0.25) is 0 Å². The Kier molecular flexibility index (Phi) is 2.41. The fraction of sp³-hybridized carbons (Fsp3) is 0.778.